The zero-order valence-electron chi connectivity index (χ0n) is 18.3. The van der Waals surface area contributed by atoms with Crippen molar-refractivity contribution in [2.75, 3.05) is 0 Å². The van der Waals surface area contributed by atoms with E-state index in [1.165, 1.54) is 38.6 Å². The molecule has 0 fully saturated rings. The third kappa shape index (κ3) is 7.59. The van der Waals surface area contributed by atoms with Gasteiger partial charge < -0.3 is 0 Å². The Kier molecular flexibility index (Phi) is 11.3. The van der Waals surface area contributed by atoms with Gasteiger partial charge in [-0.3, -0.25) is 6.08 Å². The Morgan fingerprint density at radius 1 is 0.931 bits per heavy atom. The Labute approximate surface area is 198 Å². The predicted molar refractivity (Wildman–Crippen MR) is 130 cm³/mol. The Hall–Kier alpha value is -1.08. The maximum absolute atomic E-state index is 3.36. The van der Waals surface area contributed by atoms with Crippen LogP contribution in [0, 0.1) is 12.0 Å². The largest absolute Gasteiger partial charge is 0.168 e. The molecule has 4 rings (SSSR count). The molecule has 0 N–H and O–H groups in total. The summed E-state index contributed by atoms with van der Waals surface area (Å²) in [7, 11) is 0. The topological polar surface area (TPSA) is 0 Å². The molecule has 0 saturated heterocycles. The van der Waals surface area contributed by atoms with E-state index < -0.39 is 0 Å². The van der Waals surface area contributed by atoms with Crippen LogP contribution in [0.3, 0.4) is 0 Å². The van der Waals surface area contributed by atoms with Gasteiger partial charge >= 0.3 is 41.9 Å². The second kappa shape index (κ2) is 12.6. The number of fused-ring (bicyclic) bond motifs is 1. The summed E-state index contributed by atoms with van der Waals surface area (Å²) in [5.41, 5.74) is 7.06. The van der Waals surface area contributed by atoms with Gasteiger partial charge in [0.25, 0.3) is 0 Å². The number of halogens is 1. The van der Waals surface area contributed by atoms with Crippen molar-refractivity contribution in [2.24, 2.45) is 5.92 Å². The molecule has 0 saturated carbocycles. The number of rotatable bonds is 1. The number of hydrogen-bond acceptors (Lipinski definition) is 0. The van der Waals surface area contributed by atoms with Crippen LogP contribution in [0.4, 0.5) is 0 Å². The first-order valence-corrected chi connectivity index (χ1v) is 16.0. The number of hydrogen-bond donors (Lipinski definition) is 0. The summed E-state index contributed by atoms with van der Waals surface area (Å²) < 4.78 is 0. The van der Waals surface area contributed by atoms with Crippen molar-refractivity contribution < 1.29 is 23.3 Å². The van der Waals surface area contributed by atoms with Crippen LogP contribution in [0.15, 0.2) is 83.4 Å². The smallest absolute Gasteiger partial charge is 0.0279 e. The van der Waals surface area contributed by atoms with Crippen molar-refractivity contribution in [3.05, 3.63) is 89.5 Å². The first-order chi connectivity index (χ1) is 13.3. The second-order valence-corrected chi connectivity index (χ2v) is 16.9. The fourth-order valence-electron chi connectivity index (χ4n) is 3.19. The average molecular weight is 498 g/mol. The van der Waals surface area contributed by atoms with E-state index >= 15 is 0 Å². The SMILES string of the molecule is CC1=[C-]C(C)C(C)=C1C.C[Si](C)=[Zr+2].Cl.c1ccc(-c2cccc3[cH-]ccc23)cc1. The molecule has 0 aliphatic heterocycles. The first kappa shape index (κ1) is 26.0. The van der Waals surface area contributed by atoms with E-state index in [2.05, 4.69) is 114 Å². The van der Waals surface area contributed by atoms with Gasteiger partial charge in [0, 0.05) is 0 Å². The summed E-state index contributed by atoms with van der Waals surface area (Å²) in [5.74, 6) is 0.560. The summed E-state index contributed by atoms with van der Waals surface area (Å²) >= 11 is 1.74. The van der Waals surface area contributed by atoms with Crippen molar-refractivity contribution in [3.8, 4) is 11.1 Å². The van der Waals surface area contributed by atoms with E-state index in [1.807, 2.05) is 0 Å². The van der Waals surface area contributed by atoms with Gasteiger partial charge in [0.1, 0.15) is 0 Å². The van der Waals surface area contributed by atoms with Crippen LogP contribution < -0.4 is 0 Å². The van der Waals surface area contributed by atoms with Crippen LogP contribution >= 0.6 is 12.4 Å². The molecule has 0 aromatic heterocycles. The van der Waals surface area contributed by atoms with Gasteiger partial charge in [0.05, 0.1) is 0 Å². The Morgan fingerprint density at radius 3 is 2.03 bits per heavy atom. The van der Waals surface area contributed by atoms with Gasteiger partial charge in [-0.05, 0) is 5.56 Å². The molecular weight excluding hydrogens is 467 g/mol. The molecule has 29 heavy (non-hydrogen) atoms. The first-order valence-electron chi connectivity index (χ1n) is 9.80. The Balaban J connectivity index is 0.000000259. The summed E-state index contributed by atoms with van der Waals surface area (Å²) in [6, 6.07) is 23.4. The summed E-state index contributed by atoms with van der Waals surface area (Å²) in [4.78, 5) is 0. The van der Waals surface area contributed by atoms with Gasteiger partial charge in [-0.25, -0.2) is 5.57 Å². The monoisotopic (exact) mass is 496 g/mol. The molecule has 1 atom stereocenters. The minimum absolute atomic E-state index is 0. The molecule has 1 unspecified atom stereocenters. The average Bonchev–Trinajstić information content (AvgIpc) is 3.23. The van der Waals surface area contributed by atoms with Crippen LogP contribution in [0.2, 0.25) is 13.1 Å². The van der Waals surface area contributed by atoms with Crippen molar-refractivity contribution in [3.63, 3.8) is 0 Å². The fourth-order valence-corrected chi connectivity index (χ4v) is 3.19. The van der Waals surface area contributed by atoms with Gasteiger partial charge in [-0.2, -0.15) is 23.3 Å². The predicted octanol–water partition coefficient (Wildman–Crippen LogP) is 8.15. The molecule has 3 heteroatoms. The molecule has 150 valence electrons. The van der Waals surface area contributed by atoms with E-state index in [0.29, 0.717) is 5.92 Å². The molecule has 0 radical (unpaired) electrons. The molecule has 3 aromatic rings. The summed E-state index contributed by atoms with van der Waals surface area (Å²) in [6.45, 7) is 13.3. The molecule has 3 aromatic carbocycles. The standard InChI is InChI=1S/C15H11.C9H13.C2H6Si.ClH.Zr/c1-2-6-12(7-3-1)14-10-4-8-13-9-5-11-15(13)14;1-6-5-7(2)9(4)8(6)3;1-3-2;;/h1-11H;6H,1-4H3;1-2H3;1H;/q2*-1;;;+2. The molecule has 0 spiro atoms. The van der Waals surface area contributed by atoms with Crippen molar-refractivity contribution >= 4 is 28.6 Å². The minimum Gasteiger partial charge on any atom is -0.168 e. The summed E-state index contributed by atoms with van der Waals surface area (Å²) in [5, 5.41) is 2.65. The Bertz CT molecular complexity index is 992. The van der Waals surface area contributed by atoms with Gasteiger partial charge in [0.2, 0.25) is 0 Å². The van der Waals surface area contributed by atoms with Crippen LogP contribution in [-0.4, -0.2) is 5.43 Å². The molecule has 0 bridgehead atoms. The minimum atomic E-state index is 0. The zero-order valence-corrected chi connectivity index (χ0v) is 22.6. The molecule has 1 aliphatic rings. The van der Waals surface area contributed by atoms with E-state index in [4.69, 9.17) is 0 Å². The van der Waals surface area contributed by atoms with E-state index in [0.717, 1.165) is 0 Å². The van der Waals surface area contributed by atoms with Crippen LogP contribution in [0.5, 0.6) is 0 Å². The van der Waals surface area contributed by atoms with Crippen molar-refractivity contribution in [1.82, 2.24) is 0 Å². The van der Waals surface area contributed by atoms with Crippen LogP contribution in [-0.2, 0) is 23.3 Å². The summed E-state index contributed by atoms with van der Waals surface area (Å²) in [6.07, 6.45) is 3.36. The molecular formula is C26H31ClSiZr. The van der Waals surface area contributed by atoms with E-state index in [-0.39, 0.29) is 17.8 Å². The molecule has 0 amide bonds. The van der Waals surface area contributed by atoms with E-state index in [9.17, 15) is 0 Å². The second-order valence-electron chi connectivity index (χ2n) is 7.50. The Morgan fingerprint density at radius 2 is 1.55 bits per heavy atom. The maximum atomic E-state index is 3.36. The van der Waals surface area contributed by atoms with Gasteiger partial charge in [-0.15, -0.1) is 48.3 Å². The van der Waals surface area contributed by atoms with Crippen molar-refractivity contribution in [2.45, 2.75) is 40.8 Å². The molecule has 0 heterocycles. The number of benzene rings is 2. The zero-order chi connectivity index (χ0) is 20.7. The third-order valence-electron chi connectivity index (χ3n) is 5.00. The quantitative estimate of drug-likeness (QED) is 0.235. The normalized spacial score (nSPS) is 14.9. The maximum Gasteiger partial charge on any atom is -0.0279 e. The number of allylic oxidation sites excluding steroid dienone is 4. The van der Waals surface area contributed by atoms with Gasteiger partial charge in [0.15, 0.2) is 0 Å². The third-order valence-corrected chi connectivity index (χ3v) is 5.00. The van der Waals surface area contributed by atoms with Crippen LogP contribution in [0.1, 0.15) is 27.7 Å². The van der Waals surface area contributed by atoms with Crippen molar-refractivity contribution in [1.29, 1.82) is 0 Å². The van der Waals surface area contributed by atoms with Gasteiger partial charge in [-0.1, -0.05) is 68.7 Å². The fraction of sp³-hybridized carbons (Fsp3) is 0.269. The molecule has 1 aliphatic carbocycles. The van der Waals surface area contributed by atoms with E-state index in [1.54, 1.807) is 23.3 Å². The van der Waals surface area contributed by atoms with Crippen LogP contribution in [0.25, 0.3) is 21.9 Å². The molecule has 0 nitrogen and oxygen atoms in total.